The first-order valence-corrected chi connectivity index (χ1v) is 10.6. The zero-order valence-electron chi connectivity index (χ0n) is 18.5. The number of rotatable bonds is 5. The van der Waals surface area contributed by atoms with E-state index in [0.29, 0.717) is 30.1 Å². The number of hydrogen-bond donors (Lipinski definition) is 3. The van der Waals surface area contributed by atoms with Crippen LogP contribution in [-0.4, -0.2) is 49.2 Å². The fraction of sp³-hybridized carbons (Fsp3) is 0.409. The zero-order valence-corrected chi connectivity index (χ0v) is 18.5. The van der Waals surface area contributed by atoms with Crippen molar-refractivity contribution in [2.75, 3.05) is 12.4 Å². The maximum Gasteiger partial charge on any atom is 0.321 e. The van der Waals surface area contributed by atoms with E-state index in [1.165, 1.54) is 12.7 Å². The maximum atomic E-state index is 13.2. The molecule has 3 heterocycles. The van der Waals surface area contributed by atoms with Gasteiger partial charge in [0.25, 0.3) is 0 Å². The van der Waals surface area contributed by atoms with E-state index in [4.69, 9.17) is 4.74 Å². The number of urea groups is 1. The largest absolute Gasteiger partial charge is 0.467 e. The molecular weight excluding hydrogens is 408 g/mol. The molecule has 0 bridgehead atoms. The fourth-order valence-corrected chi connectivity index (χ4v) is 4.31. The van der Waals surface area contributed by atoms with E-state index in [1.54, 1.807) is 6.92 Å². The molecular formula is C22H26N8O2. The van der Waals surface area contributed by atoms with Crippen LogP contribution in [0.4, 0.5) is 16.6 Å². The predicted octanol–water partition coefficient (Wildman–Crippen LogP) is 2.97. The highest BCUT2D eigenvalue weighted by Gasteiger charge is 2.46. The molecule has 10 nitrogen and oxygen atoms in total. The normalized spacial score (nSPS) is 20.6. The van der Waals surface area contributed by atoms with Gasteiger partial charge in [-0.2, -0.15) is 20.1 Å². The Morgan fingerprint density at radius 1 is 1.22 bits per heavy atom. The Morgan fingerprint density at radius 2 is 2.00 bits per heavy atom. The molecule has 5 rings (SSSR count). The summed E-state index contributed by atoms with van der Waals surface area (Å²) >= 11 is 0. The molecule has 1 unspecified atom stereocenters. The fourth-order valence-electron chi connectivity index (χ4n) is 4.31. The van der Waals surface area contributed by atoms with Crippen LogP contribution in [0.5, 0.6) is 6.01 Å². The van der Waals surface area contributed by atoms with E-state index >= 15 is 0 Å². The van der Waals surface area contributed by atoms with Gasteiger partial charge in [0.05, 0.1) is 24.9 Å². The summed E-state index contributed by atoms with van der Waals surface area (Å²) in [5.41, 5.74) is 2.54. The Hall–Kier alpha value is -3.69. The molecule has 3 N–H and O–H groups in total. The topological polar surface area (TPSA) is 121 Å². The van der Waals surface area contributed by atoms with E-state index in [2.05, 4.69) is 47.9 Å². The number of methoxy groups -OCH3 is 1. The monoisotopic (exact) mass is 434 g/mol. The quantitative estimate of drug-likeness (QED) is 0.564. The number of aromatic nitrogens is 5. The van der Waals surface area contributed by atoms with Crippen molar-refractivity contribution in [2.45, 2.75) is 51.2 Å². The molecule has 2 aromatic heterocycles. The van der Waals surface area contributed by atoms with Crippen LogP contribution in [0.25, 0.3) is 0 Å². The number of fused-ring (bicyclic) bond motifs is 1. The lowest BCUT2D eigenvalue weighted by Gasteiger charge is -2.32. The third-order valence-corrected chi connectivity index (χ3v) is 6.18. The van der Waals surface area contributed by atoms with Crippen molar-refractivity contribution in [3.8, 4) is 6.01 Å². The number of nitrogens with one attached hydrogen (secondary N) is 3. The van der Waals surface area contributed by atoms with Gasteiger partial charge < -0.3 is 20.3 Å². The molecule has 1 saturated carbocycles. The number of H-pyrrole nitrogens is 1. The minimum atomic E-state index is -0.532. The van der Waals surface area contributed by atoms with Crippen LogP contribution >= 0.6 is 0 Å². The summed E-state index contributed by atoms with van der Waals surface area (Å²) in [6.45, 7) is 6.22. The van der Waals surface area contributed by atoms with E-state index in [-0.39, 0.29) is 18.1 Å². The molecule has 2 aliphatic rings. The molecule has 166 valence electrons. The molecule has 0 saturated heterocycles. The number of benzene rings is 1. The summed E-state index contributed by atoms with van der Waals surface area (Å²) < 4.78 is 5.12. The number of aromatic amines is 1. The SMILES string of the molecule is COc1nc(C)nc(Nc2n[nH]c3c2CN(C(=O)NC2C[C@@H]2c2ccccc2)C3(C)C)n1. The van der Waals surface area contributed by atoms with Crippen LogP contribution < -0.4 is 15.4 Å². The van der Waals surface area contributed by atoms with Crippen LogP contribution in [0, 0.1) is 6.92 Å². The number of carbonyl (C=O) groups excluding carboxylic acids is 1. The van der Waals surface area contributed by atoms with Crippen molar-refractivity contribution in [2.24, 2.45) is 0 Å². The van der Waals surface area contributed by atoms with Gasteiger partial charge in [-0.05, 0) is 32.8 Å². The van der Waals surface area contributed by atoms with Gasteiger partial charge in [-0.25, -0.2) is 4.79 Å². The summed E-state index contributed by atoms with van der Waals surface area (Å²) in [6.07, 6.45) is 0.963. The number of anilines is 2. The van der Waals surface area contributed by atoms with Gasteiger partial charge in [0.2, 0.25) is 5.95 Å². The lowest BCUT2D eigenvalue weighted by Crippen LogP contribution is -2.47. The average molecular weight is 435 g/mol. The summed E-state index contributed by atoms with van der Waals surface area (Å²) in [7, 11) is 1.51. The number of hydrogen-bond acceptors (Lipinski definition) is 7. The molecule has 10 heteroatoms. The molecule has 1 aliphatic heterocycles. The second-order valence-electron chi connectivity index (χ2n) is 8.70. The number of carbonyl (C=O) groups is 1. The Kier molecular flexibility index (Phi) is 4.72. The summed E-state index contributed by atoms with van der Waals surface area (Å²) in [5, 5.41) is 13.8. The maximum absolute atomic E-state index is 13.2. The minimum Gasteiger partial charge on any atom is -0.467 e. The van der Waals surface area contributed by atoms with Gasteiger partial charge in [-0.3, -0.25) is 5.10 Å². The van der Waals surface area contributed by atoms with Crippen molar-refractivity contribution < 1.29 is 9.53 Å². The van der Waals surface area contributed by atoms with Gasteiger partial charge in [0, 0.05) is 17.5 Å². The lowest BCUT2D eigenvalue weighted by molar-refractivity contribution is 0.142. The highest BCUT2D eigenvalue weighted by Crippen LogP contribution is 2.43. The molecule has 32 heavy (non-hydrogen) atoms. The highest BCUT2D eigenvalue weighted by molar-refractivity contribution is 5.78. The van der Waals surface area contributed by atoms with Crippen LogP contribution in [-0.2, 0) is 12.1 Å². The second kappa shape index (κ2) is 7.47. The molecule has 1 aliphatic carbocycles. The van der Waals surface area contributed by atoms with Gasteiger partial charge in [-0.15, -0.1) is 0 Å². The Bertz CT molecular complexity index is 1160. The first-order valence-electron chi connectivity index (χ1n) is 10.6. The molecule has 1 aromatic carbocycles. The number of nitrogens with zero attached hydrogens (tertiary/aromatic N) is 5. The molecule has 1 fully saturated rings. The average Bonchev–Trinajstić information content (AvgIpc) is 3.32. The van der Waals surface area contributed by atoms with Crippen LogP contribution in [0.2, 0.25) is 0 Å². The van der Waals surface area contributed by atoms with Gasteiger partial charge >= 0.3 is 12.0 Å². The second-order valence-corrected chi connectivity index (χ2v) is 8.70. The first kappa shape index (κ1) is 20.2. The standard InChI is InChI=1S/C22H26N8O2/c1-12-23-19(27-20(24-12)32-4)26-18-15-11-30(22(2,3)17(15)28-29-18)21(31)25-16-10-14(16)13-8-6-5-7-9-13/h5-9,14,16H,10-11H2,1-4H3,(H,25,31)(H2,23,24,26,27,28,29)/t14-,16?/m1/s1. The molecule has 0 spiro atoms. The van der Waals surface area contributed by atoms with Gasteiger partial charge in [0.15, 0.2) is 5.82 Å². The third kappa shape index (κ3) is 3.51. The van der Waals surface area contributed by atoms with E-state index < -0.39 is 5.54 Å². The Labute approximate surface area is 185 Å². The molecule has 2 atom stereocenters. The minimum absolute atomic E-state index is 0.0772. The summed E-state index contributed by atoms with van der Waals surface area (Å²) in [6, 6.07) is 10.6. The van der Waals surface area contributed by atoms with Crippen molar-refractivity contribution >= 4 is 17.8 Å². The van der Waals surface area contributed by atoms with E-state index in [9.17, 15) is 4.79 Å². The summed E-state index contributed by atoms with van der Waals surface area (Å²) in [4.78, 5) is 27.6. The molecule has 0 radical (unpaired) electrons. The number of aryl methyl sites for hydroxylation is 1. The summed E-state index contributed by atoms with van der Waals surface area (Å²) in [5.74, 6) is 1.84. The van der Waals surface area contributed by atoms with Crippen molar-refractivity contribution in [3.63, 3.8) is 0 Å². The van der Waals surface area contributed by atoms with Crippen LogP contribution in [0.1, 0.15) is 48.8 Å². The Morgan fingerprint density at radius 3 is 2.75 bits per heavy atom. The molecule has 3 aromatic rings. The van der Waals surface area contributed by atoms with Gasteiger partial charge in [0.1, 0.15) is 5.82 Å². The number of ether oxygens (including phenoxy) is 1. The van der Waals surface area contributed by atoms with Crippen LogP contribution in [0.3, 0.4) is 0 Å². The zero-order chi connectivity index (χ0) is 22.5. The van der Waals surface area contributed by atoms with Crippen molar-refractivity contribution in [1.29, 1.82) is 0 Å². The molecule has 2 amide bonds. The van der Waals surface area contributed by atoms with E-state index in [0.717, 1.165) is 17.7 Å². The van der Waals surface area contributed by atoms with E-state index in [1.807, 2.05) is 36.9 Å². The van der Waals surface area contributed by atoms with Crippen molar-refractivity contribution in [1.82, 2.24) is 35.4 Å². The highest BCUT2D eigenvalue weighted by atomic mass is 16.5. The van der Waals surface area contributed by atoms with Crippen LogP contribution in [0.15, 0.2) is 30.3 Å². The van der Waals surface area contributed by atoms with Crippen molar-refractivity contribution in [3.05, 3.63) is 53.0 Å². The smallest absolute Gasteiger partial charge is 0.321 e. The third-order valence-electron chi connectivity index (χ3n) is 6.18. The Balaban J connectivity index is 1.31. The first-order chi connectivity index (χ1) is 15.4. The predicted molar refractivity (Wildman–Crippen MR) is 118 cm³/mol. The number of amides is 2. The lowest BCUT2D eigenvalue weighted by atomic mass is 10.0. The van der Waals surface area contributed by atoms with Gasteiger partial charge in [-0.1, -0.05) is 30.3 Å².